The van der Waals surface area contributed by atoms with Crippen LogP contribution < -0.4 is 0 Å². The normalized spacial score (nSPS) is 17.2. The lowest BCUT2D eigenvalue weighted by Crippen LogP contribution is -2.20. The summed E-state index contributed by atoms with van der Waals surface area (Å²) in [5.74, 6) is 0.665. The van der Waals surface area contributed by atoms with Crippen molar-refractivity contribution in [2.45, 2.75) is 64.6 Å². The molecule has 0 spiro atoms. The fraction of sp³-hybridized carbons (Fsp3) is 0.545. The van der Waals surface area contributed by atoms with E-state index in [1.807, 2.05) is 18.2 Å². The smallest absolute Gasteiger partial charge is 0.0600 e. The second-order valence-corrected chi connectivity index (χ2v) is 7.82. The first kappa shape index (κ1) is 23.2. The minimum atomic E-state index is -0.384. The summed E-state index contributed by atoms with van der Waals surface area (Å²) in [5, 5.41) is 20.4. The molecule has 0 saturated carbocycles. The van der Waals surface area contributed by atoms with Crippen LogP contribution in [0.3, 0.4) is 0 Å². The molecule has 0 aliphatic carbocycles. The van der Waals surface area contributed by atoms with Gasteiger partial charge in [-0.25, -0.2) is 0 Å². The van der Waals surface area contributed by atoms with E-state index in [0.717, 1.165) is 31.3 Å². The summed E-state index contributed by atoms with van der Waals surface area (Å²) in [6.07, 6.45) is 5.61. The molecular weight excluding hydrogens is 367 g/mol. The number of halogens is 2. The summed E-state index contributed by atoms with van der Waals surface area (Å²) in [4.78, 5) is 0. The summed E-state index contributed by atoms with van der Waals surface area (Å²) in [5.41, 5.74) is 5.30. The molecule has 4 atom stereocenters. The zero-order valence-electron chi connectivity index (χ0n) is 15.8. The van der Waals surface area contributed by atoms with E-state index in [9.17, 15) is 10.2 Å². The Hall–Kier alpha value is -0.800. The molecule has 0 heterocycles. The molecule has 0 radical (unpaired) electrons. The lowest BCUT2D eigenvalue weighted by molar-refractivity contribution is 0.101. The summed E-state index contributed by atoms with van der Waals surface area (Å²) in [6, 6.07) is 10.2. The zero-order chi connectivity index (χ0) is 19.4. The molecular formula is C22H32Cl2O2. The average molecular weight is 399 g/mol. The Kier molecular flexibility index (Phi) is 12.0. The molecule has 146 valence electrons. The van der Waals surface area contributed by atoms with E-state index in [1.165, 1.54) is 11.1 Å². The summed E-state index contributed by atoms with van der Waals surface area (Å²) >= 11 is 11.5. The van der Waals surface area contributed by atoms with Gasteiger partial charge in [-0.1, -0.05) is 79.0 Å². The Morgan fingerprint density at radius 3 is 2.38 bits per heavy atom. The van der Waals surface area contributed by atoms with Crippen LogP contribution in [0.5, 0.6) is 0 Å². The average Bonchev–Trinajstić information content (AvgIpc) is 2.64. The van der Waals surface area contributed by atoms with Crippen LogP contribution in [0, 0.1) is 11.8 Å². The van der Waals surface area contributed by atoms with Gasteiger partial charge in [0, 0.05) is 11.1 Å². The van der Waals surface area contributed by atoms with Gasteiger partial charge in [-0.05, 0) is 55.9 Å². The van der Waals surface area contributed by atoms with Gasteiger partial charge in [0.05, 0.1) is 12.2 Å². The number of rotatable bonds is 12. The van der Waals surface area contributed by atoms with Crippen LogP contribution in [0.4, 0.5) is 0 Å². The van der Waals surface area contributed by atoms with E-state index >= 15 is 0 Å². The van der Waals surface area contributed by atoms with Crippen LogP contribution in [0.1, 0.15) is 51.5 Å². The Balaban J connectivity index is 2.34. The Morgan fingerprint density at radius 2 is 1.77 bits per heavy atom. The third-order valence-electron chi connectivity index (χ3n) is 4.82. The van der Waals surface area contributed by atoms with Crippen LogP contribution in [0.15, 0.2) is 53.1 Å². The molecule has 4 heteroatoms. The fourth-order valence-corrected chi connectivity index (χ4v) is 3.50. The monoisotopic (exact) mass is 398 g/mol. The largest absolute Gasteiger partial charge is 0.393 e. The van der Waals surface area contributed by atoms with Crippen molar-refractivity contribution in [1.82, 2.24) is 0 Å². The van der Waals surface area contributed by atoms with Crippen molar-refractivity contribution in [3.8, 4) is 0 Å². The predicted octanol–water partition coefficient (Wildman–Crippen LogP) is 6.05. The molecule has 0 aliphatic rings. The molecule has 0 bridgehead atoms. The minimum absolute atomic E-state index is 0.214. The number of hydrogen-bond donors (Lipinski definition) is 2. The van der Waals surface area contributed by atoms with E-state index in [0.29, 0.717) is 18.8 Å². The molecule has 26 heavy (non-hydrogen) atoms. The van der Waals surface area contributed by atoms with Gasteiger partial charge < -0.3 is 10.2 Å². The topological polar surface area (TPSA) is 40.5 Å². The van der Waals surface area contributed by atoms with Gasteiger partial charge in [0.1, 0.15) is 0 Å². The maximum absolute atomic E-state index is 10.4. The van der Waals surface area contributed by atoms with Crippen LogP contribution in [0.2, 0.25) is 0 Å². The second kappa shape index (κ2) is 13.4. The van der Waals surface area contributed by atoms with E-state index in [1.54, 1.807) is 11.6 Å². The van der Waals surface area contributed by atoms with Gasteiger partial charge in [-0.3, -0.25) is 0 Å². The van der Waals surface area contributed by atoms with Crippen molar-refractivity contribution < 1.29 is 10.2 Å². The minimum Gasteiger partial charge on any atom is -0.393 e. The van der Waals surface area contributed by atoms with Crippen molar-refractivity contribution in [1.29, 1.82) is 0 Å². The van der Waals surface area contributed by atoms with Gasteiger partial charge in [0.15, 0.2) is 0 Å². The Bertz CT molecular complexity index is 542. The van der Waals surface area contributed by atoms with Gasteiger partial charge in [-0.15, -0.1) is 0 Å². The first-order valence-corrected chi connectivity index (χ1v) is 10.3. The van der Waals surface area contributed by atoms with Crippen LogP contribution in [-0.4, -0.2) is 22.4 Å². The summed E-state index contributed by atoms with van der Waals surface area (Å²) in [6.45, 7) is 4.24. The van der Waals surface area contributed by atoms with E-state index in [2.05, 4.69) is 26.0 Å². The highest BCUT2D eigenvalue weighted by Crippen LogP contribution is 2.24. The van der Waals surface area contributed by atoms with Crippen molar-refractivity contribution in [3.63, 3.8) is 0 Å². The van der Waals surface area contributed by atoms with E-state index < -0.39 is 0 Å². The van der Waals surface area contributed by atoms with Crippen molar-refractivity contribution >= 4 is 23.2 Å². The highest BCUT2D eigenvalue weighted by Gasteiger charge is 2.17. The maximum Gasteiger partial charge on any atom is 0.0600 e. The van der Waals surface area contributed by atoms with E-state index in [4.69, 9.17) is 23.2 Å². The SMILES string of the molecule is C[C@H](CC[C@@H](O)C/C(=C\Cl)Cc1ccccc1)C[C@@H](C)[C@@H](O)C/C=C/Cl. The third-order valence-corrected chi connectivity index (χ3v) is 5.30. The van der Waals surface area contributed by atoms with Crippen molar-refractivity contribution in [3.05, 3.63) is 58.6 Å². The molecule has 2 nitrogen and oxygen atoms in total. The molecule has 2 N–H and O–H groups in total. The fourth-order valence-electron chi connectivity index (χ4n) is 3.23. The molecule has 0 amide bonds. The molecule has 1 aromatic carbocycles. The molecule has 0 aromatic heterocycles. The maximum atomic E-state index is 10.4. The number of aliphatic hydroxyl groups excluding tert-OH is 2. The summed E-state index contributed by atoms with van der Waals surface area (Å²) in [7, 11) is 0. The lowest BCUT2D eigenvalue weighted by atomic mass is 9.87. The number of benzene rings is 1. The quantitative estimate of drug-likeness (QED) is 0.449. The molecule has 0 fully saturated rings. The highest BCUT2D eigenvalue weighted by atomic mass is 35.5. The van der Waals surface area contributed by atoms with Gasteiger partial charge >= 0.3 is 0 Å². The number of aliphatic hydroxyl groups is 2. The van der Waals surface area contributed by atoms with Crippen molar-refractivity contribution in [2.24, 2.45) is 11.8 Å². The van der Waals surface area contributed by atoms with E-state index in [-0.39, 0.29) is 18.1 Å². The van der Waals surface area contributed by atoms with Crippen LogP contribution in [-0.2, 0) is 6.42 Å². The number of hydrogen-bond acceptors (Lipinski definition) is 2. The van der Waals surface area contributed by atoms with Gasteiger partial charge in [0.2, 0.25) is 0 Å². The molecule has 0 unspecified atom stereocenters. The Morgan fingerprint density at radius 1 is 1.08 bits per heavy atom. The first-order valence-electron chi connectivity index (χ1n) is 9.39. The molecule has 1 aromatic rings. The standard InChI is InChI=1S/C22H32Cl2O2/c1-17(13-18(2)22(26)9-6-12-23)10-11-21(25)15-20(16-24)14-19-7-4-3-5-8-19/h3-8,12,16-18,21-22,25-26H,9-11,13-15H2,1-2H3/b12-6+,20-16-/t17-,18-,21-,22+/m1/s1. The second-order valence-electron chi connectivity index (χ2n) is 7.35. The molecule has 1 rings (SSSR count). The van der Waals surface area contributed by atoms with Crippen LogP contribution in [0.25, 0.3) is 0 Å². The highest BCUT2D eigenvalue weighted by molar-refractivity contribution is 6.25. The van der Waals surface area contributed by atoms with Gasteiger partial charge in [-0.2, -0.15) is 0 Å². The Labute approximate surface area is 168 Å². The summed E-state index contributed by atoms with van der Waals surface area (Å²) < 4.78 is 0. The zero-order valence-corrected chi connectivity index (χ0v) is 17.3. The van der Waals surface area contributed by atoms with Crippen molar-refractivity contribution in [2.75, 3.05) is 0 Å². The first-order chi connectivity index (χ1) is 12.5. The third kappa shape index (κ3) is 9.78. The van der Waals surface area contributed by atoms with Gasteiger partial charge in [0.25, 0.3) is 0 Å². The molecule has 0 aliphatic heterocycles. The molecule has 0 saturated heterocycles. The lowest BCUT2D eigenvalue weighted by Gasteiger charge is -2.22. The predicted molar refractivity (Wildman–Crippen MR) is 113 cm³/mol. The van der Waals surface area contributed by atoms with Crippen LogP contribution >= 0.6 is 23.2 Å².